The third-order valence-corrected chi connectivity index (χ3v) is 6.36. The summed E-state index contributed by atoms with van der Waals surface area (Å²) >= 11 is 1.05. The Kier molecular flexibility index (Phi) is 6.53. The number of aryl methyl sites for hydroxylation is 2. The van der Waals surface area contributed by atoms with Gasteiger partial charge in [0.15, 0.2) is 0 Å². The first kappa shape index (κ1) is 21.3. The number of rotatable bonds is 8. The van der Waals surface area contributed by atoms with Crippen molar-refractivity contribution in [2.45, 2.75) is 37.5 Å². The molecule has 0 spiro atoms. The molecule has 4 rings (SSSR count). The van der Waals surface area contributed by atoms with Crippen LogP contribution in [-0.4, -0.2) is 28.5 Å². The number of benzene rings is 2. The van der Waals surface area contributed by atoms with Crippen molar-refractivity contribution in [2.75, 3.05) is 7.11 Å². The molecule has 7 heteroatoms. The molecule has 2 atom stereocenters. The molecule has 2 amide bonds. The van der Waals surface area contributed by atoms with Crippen molar-refractivity contribution in [3.8, 4) is 11.5 Å². The van der Waals surface area contributed by atoms with Gasteiger partial charge in [0, 0.05) is 12.7 Å². The third-order valence-electron chi connectivity index (χ3n) is 5.38. The highest BCUT2D eigenvalue weighted by Crippen LogP contribution is 2.28. The van der Waals surface area contributed by atoms with Gasteiger partial charge in [-0.3, -0.25) is 14.9 Å². The van der Waals surface area contributed by atoms with E-state index in [9.17, 15) is 9.59 Å². The van der Waals surface area contributed by atoms with Crippen LogP contribution in [0.4, 0.5) is 4.79 Å². The van der Waals surface area contributed by atoms with Crippen LogP contribution in [0.2, 0.25) is 0 Å². The molecule has 1 N–H and O–H groups in total. The first-order valence-electron chi connectivity index (χ1n) is 10.2. The van der Waals surface area contributed by atoms with E-state index in [0.717, 1.165) is 52.7 Å². The predicted molar refractivity (Wildman–Crippen MR) is 120 cm³/mol. The van der Waals surface area contributed by atoms with Crippen molar-refractivity contribution in [1.29, 1.82) is 0 Å². The molecule has 1 aliphatic rings. The molecule has 6 nitrogen and oxygen atoms in total. The number of thioether (sulfide) groups is 1. The molecule has 2 heterocycles. The number of oxazole rings is 1. The highest BCUT2D eigenvalue weighted by Gasteiger charge is 2.31. The zero-order valence-electron chi connectivity index (χ0n) is 17.5. The lowest BCUT2D eigenvalue weighted by atomic mass is 10.00. The Morgan fingerprint density at radius 3 is 2.52 bits per heavy atom. The third kappa shape index (κ3) is 5.06. The number of aromatic nitrogens is 1. The average Bonchev–Trinajstić information content (AvgIpc) is 3.31. The summed E-state index contributed by atoms with van der Waals surface area (Å²) in [4.78, 5) is 27.8. The van der Waals surface area contributed by atoms with Crippen LogP contribution >= 0.6 is 11.8 Å². The molecule has 1 aliphatic heterocycles. The van der Waals surface area contributed by atoms with E-state index in [4.69, 9.17) is 9.15 Å². The van der Waals surface area contributed by atoms with Gasteiger partial charge in [0.05, 0.1) is 17.0 Å². The number of nitrogens with one attached hydrogen (secondary N) is 1. The lowest BCUT2D eigenvalue weighted by Crippen LogP contribution is -2.25. The van der Waals surface area contributed by atoms with Crippen molar-refractivity contribution in [3.05, 3.63) is 77.2 Å². The molecule has 3 aromatic rings. The van der Waals surface area contributed by atoms with Crippen LogP contribution in [0.1, 0.15) is 35.1 Å². The normalized spacial score (nSPS) is 17.0. The summed E-state index contributed by atoms with van der Waals surface area (Å²) in [6, 6.07) is 17.9. The molecule has 1 saturated heterocycles. The highest BCUT2D eigenvalue weighted by molar-refractivity contribution is 8.15. The van der Waals surface area contributed by atoms with E-state index < -0.39 is 0 Å². The van der Waals surface area contributed by atoms with Crippen LogP contribution in [0.25, 0.3) is 11.5 Å². The van der Waals surface area contributed by atoms with Gasteiger partial charge in [0.1, 0.15) is 5.76 Å². The first-order chi connectivity index (χ1) is 15.0. The fraction of sp³-hybridized carbons (Fsp3) is 0.292. The summed E-state index contributed by atoms with van der Waals surface area (Å²) in [5.74, 6) is 1.25. The average molecular weight is 437 g/mol. The summed E-state index contributed by atoms with van der Waals surface area (Å²) in [6.45, 7) is 1.94. The molecular weight excluding hydrogens is 412 g/mol. The van der Waals surface area contributed by atoms with Gasteiger partial charge in [-0.25, -0.2) is 4.98 Å². The van der Waals surface area contributed by atoms with Crippen LogP contribution in [0.15, 0.2) is 59.0 Å². The van der Waals surface area contributed by atoms with Gasteiger partial charge >= 0.3 is 0 Å². The van der Waals surface area contributed by atoms with Crippen LogP contribution in [0.3, 0.4) is 0 Å². The second kappa shape index (κ2) is 9.49. The number of ether oxygens (including phenoxy) is 1. The van der Waals surface area contributed by atoms with E-state index >= 15 is 0 Å². The number of carbonyl (C=O) groups is 2. The molecule has 160 valence electrons. The Hall–Kier alpha value is -2.90. The van der Waals surface area contributed by atoms with Crippen molar-refractivity contribution in [2.24, 2.45) is 0 Å². The number of methoxy groups -OCH3 is 1. The fourth-order valence-electron chi connectivity index (χ4n) is 3.66. The Morgan fingerprint density at radius 2 is 1.87 bits per heavy atom. The standard InChI is InChI=1S/C24H24N2O4S/c1-15-19(25-23(30-15)18-6-4-3-5-7-18)12-13-20(29-2)17-10-8-16(9-11-17)14-21-22(27)26-24(28)31-21/h3-11,20-21H,12-14H2,1-2H3,(H,26,27,28). The first-order valence-corrected chi connectivity index (χ1v) is 11.1. The molecular formula is C24H24N2O4S. The number of hydrogen-bond donors (Lipinski definition) is 1. The van der Waals surface area contributed by atoms with Crippen LogP contribution in [0, 0.1) is 6.92 Å². The number of nitrogens with zero attached hydrogens (tertiary/aromatic N) is 1. The van der Waals surface area contributed by atoms with E-state index in [2.05, 4.69) is 10.3 Å². The van der Waals surface area contributed by atoms with Gasteiger partial charge in [0.25, 0.3) is 5.24 Å². The van der Waals surface area contributed by atoms with Gasteiger partial charge in [0.2, 0.25) is 11.8 Å². The second-order valence-corrected chi connectivity index (χ2v) is 8.66. The number of carbonyl (C=O) groups excluding carboxylic acids is 2. The van der Waals surface area contributed by atoms with E-state index in [0.29, 0.717) is 12.3 Å². The smallest absolute Gasteiger partial charge is 0.286 e. The zero-order valence-corrected chi connectivity index (χ0v) is 18.3. The lowest BCUT2D eigenvalue weighted by Gasteiger charge is -2.16. The Bertz CT molecular complexity index is 1060. The molecule has 0 aliphatic carbocycles. The SMILES string of the molecule is COC(CCc1nc(-c2ccccc2)oc1C)c1ccc(CC2SC(=O)NC2=O)cc1. The molecule has 0 radical (unpaired) electrons. The number of amides is 2. The Labute approximate surface area is 185 Å². The Morgan fingerprint density at radius 1 is 1.13 bits per heavy atom. The molecule has 0 saturated carbocycles. The van der Waals surface area contributed by atoms with E-state index in [1.54, 1.807) is 7.11 Å². The quantitative estimate of drug-likeness (QED) is 0.543. The van der Waals surface area contributed by atoms with Gasteiger partial charge in [-0.05, 0) is 49.4 Å². The minimum Gasteiger partial charge on any atom is -0.441 e. The molecule has 0 bridgehead atoms. The lowest BCUT2D eigenvalue weighted by molar-refractivity contribution is -0.118. The summed E-state index contributed by atoms with van der Waals surface area (Å²) < 4.78 is 11.6. The van der Waals surface area contributed by atoms with Gasteiger partial charge < -0.3 is 9.15 Å². The molecule has 2 aromatic carbocycles. The van der Waals surface area contributed by atoms with Crippen LogP contribution < -0.4 is 5.32 Å². The molecule has 1 aromatic heterocycles. The van der Waals surface area contributed by atoms with Crippen molar-refractivity contribution in [3.63, 3.8) is 0 Å². The van der Waals surface area contributed by atoms with E-state index in [1.165, 1.54) is 0 Å². The van der Waals surface area contributed by atoms with Crippen LogP contribution in [0.5, 0.6) is 0 Å². The summed E-state index contributed by atoms with van der Waals surface area (Å²) in [5.41, 5.74) is 3.98. The maximum atomic E-state index is 11.8. The minimum absolute atomic E-state index is 0.0731. The maximum Gasteiger partial charge on any atom is 0.286 e. The maximum absolute atomic E-state index is 11.8. The van der Waals surface area contributed by atoms with Crippen molar-refractivity contribution >= 4 is 22.9 Å². The minimum atomic E-state index is -0.356. The number of hydrogen-bond acceptors (Lipinski definition) is 6. The molecule has 1 fully saturated rings. The van der Waals surface area contributed by atoms with E-state index in [1.807, 2.05) is 61.5 Å². The van der Waals surface area contributed by atoms with Gasteiger partial charge in [-0.1, -0.05) is 54.2 Å². The summed E-state index contributed by atoms with van der Waals surface area (Å²) in [7, 11) is 1.70. The summed E-state index contributed by atoms with van der Waals surface area (Å²) in [5, 5.41) is 1.70. The molecule has 31 heavy (non-hydrogen) atoms. The molecule has 2 unspecified atom stereocenters. The predicted octanol–water partition coefficient (Wildman–Crippen LogP) is 4.86. The van der Waals surface area contributed by atoms with Crippen LogP contribution in [-0.2, 0) is 22.4 Å². The zero-order chi connectivity index (χ0) is 21.8. The highest BCUT2D eigenvalue weighted by atomic mass is 32.2. The largest absolute Gasteiger partial charge is 0.441 e. The van der Waals surface area contributed by atoms with Crippen molar-refractivity contribution < 1.29 is 18.7 Å². The van der Waals surface area contributed by atoms with Gasteiger partial charge in [-0.2, -0.15) is 0 Å². The summed E-state index contributed by atoms with van der Waals surface area (Å²) in [6.07, 6.45) is 1.97. The van der Waals surface area contributed by atoms with E-state index in [-0.39, 0.29) is 22.5 Å². The Balaban J connectivity index is 1.39. The van der Waals surface area contributed by atoms with Crippen molar-refractivity contribution in [1.82, 2.24) is 10.3 Å². The number of imide groups is 1. The fourth-order valence-corrected chi connectivity index (χ4v) is 4.52. The van der Waals surface area contributed by atoms with Gasteiger partial charge in [-0.15, -0.1) is 0 Å². The monoisotopic (exact) mass is 436 g/mol. The second-order valence-electron chi connectivity index (χ2n) is 7.48. The topological polar surface area (TPSA) is 81.4 Å².